The Bertz CT molecular complexity index is 431. The van der Waals surface area contributed by atoms with Gasteiger partial charge in [0.15, 0.2) is 0 Å². The number of allylic oxidation sites excluding steroid dienone is 2. The summed E-state index contributed by atoms with van der Waals surface area (Å²) in [6.45, 7) is 13.9. The minimum atomic E-state index is 0.221. The van der Waals surface area contributed by atoms with Crippen LogP contribution in [0.15, 0.2) is 24.3 Å². The normalized spacial score (nSPS) is 15.7. The molecule has 0 N–H and O–H groups in total. The highest BCUT2D eigenvalue weighted by Crippen LogP contribution is 2.36. The molecule has 0 amide bonds. The summed E-state index contributed by atoms with van der Waals surface area (Å²) in [6.07, 6.45) is 6.79. The third-order valence-electron chi connectivity index (χ3n) is 3.80. The molecule has 98 valence electrons. The molecule has 0 atom stereocenters. The lowest BCUT2D eigenvalue weighted by Gasteiger charge is -2.32. The van der Waals surface area contributed by atoms with Crippen LogP contribution < -0.4 is 0 Å². The first-order valence-corrected chi connectivity index (χ1v) is 7.01. The van der Waals surface area contributed by atoms with Crippen LogP contribution in [-0.4, -0.2) is 0 Å². The summed E-state index contributed by atoms with van der Waals surface area (Å²) < 4.78 is 0. The van der Waals surface area contributed by atoms with Crippen molar-refractivity contribution >= 4 is 0 Å². The van der Waals surface area contributed by atoms with Crippen LogP contribution in [0.3, 0.4) is 0 Å². The Balaban J connectivity index is 2.64. The van der Waals surface area contributed by atoms with Crippen molar-refractivity contribution in [3.63, 3.8) is 0 Å². The van der Waals surface area contributed by atoms with Gasteiger partial charge in [-0.15, -0.1) is 0 Å². The second-order valence-corrected chi connectivity index (χ2v) is 7.55. The Kier molecular flexibility index (Phi) is 3.17. The summed E-state index contributed by atoms with van der Waals surface area (Å²) in [6, 6.07) is 4.92. The molecule has 0 aliphatic heterocycles. The molecule has 0 radical (unpaired) electrons. The van der Waals surface area contributed by atoms with Gasteiger partial charge in [0, 0.05) is 0 Å². The largest absolute Gasteiger partial charge is 0.0838 e. The van der Waals surface area contributed by atoms with Crippen LogP contribution in [0.2, 0.25) is 0 Å². The van der Waals surface area contributed by atoms with Crippen LogP contribution >= 0.6 is 0 Å². The predicted octanol–water partition coefficient (Wildman–Crippen LogP) is 4.94. The molecule has 1 aromatic rings. The van der Waals surface area contributed by atoms with Crippen LogP contribution in [0.1, 0.15) is 63.8 Å². The lowest BCUT2D eigenvalue weighted by Crippen LogP contribution is -2.23. The van der Waals surface area contributed by atoms with Crippen LogP contribution in [0.5, 0.6) is 0 Å². The van der Waals surface area contributed by atoms with Gasteiger partial charge in [-0.2, -0.15) is 0 Å². The second-order valence-electron chi connectivity index (χ2n) is 7.55. The maximum Gasteiger partial charge on any atom is -0.00944 e. The smallest absolute Gasteiger partial charge is 0.00944 e. The van der Waals surface area contributed by atoms with Crippen LogP contribution in [-0.2, 0) is 23.7 Å². The summed E-state index contributed by atoms with van der Waals surface area (Å²) in [7, 11) is 0. The highest BCUT2D eigenvalue weighted by atomic mass is 14.3. The molecule has 0 heteroatoms. The topological polar surface area (TPSA) is 0 Å². The van der Waals surface area contributed by atoms with Gasteiger partial charge in [-0.1, -0.05) is 65.8 Å². The minimum Gasteiger partial charge on any atom is -0.0838 e. The fourth-order valence-corrected chi connectivity index (χ4v) is 2.73. The first kappa shape index (κ1) is 13.4. The van der Waals surface area contributed by atoms with Crippen molar-refractivity contribution in [3.05, 3.63) is 46.5 Å². The summed E-state index contributed by atoms with van der Waals surface area (Å²) in [5.41, 5.74) is 6.52. The molecule has 1 aliphatic carbocycles. The van der Waals surface area contributed by atoms with Gasteiger partial charge in [0.1, 0.15) is 0 Å². The van der Waals surface area contributed by atoms with Gasteiger partial charge in [0.05, 0.1) is 0 Å². The molecule has 2 rings (SSSR count). The van der Waals surface area contributed by atoms with E-state index in [1.54, 1.807) is 0 Å². The van der Waals surface area contributed by atoms with Crippen LogP contribution in [0.4, 0.5) is 0 Å². The van der Waals surface area contributed by atoms with E-state index in [1.165, 1.54) is 22.3 Å². The Morgan fingerprint density at radius 2 is 1.00 bits per heavy atom. The van der Waals surface area contributed by atoms with E-state index in [1.807, 2.05) is 0 Å². The van der Waals surface area contributed by atoms with Crippen molar-refractivity contribution in [3.8, 4) is 0 Å². The number of fused-ring (bicyclic) bond motifs is 1. The van der Waals surface area contributed by atoms with Crippen molar-refractivity contribution in [2.24, 2.45) is 0 Å². The van der Waals surface area contributed by atoms with E-state index in [-0.39, 0.29) is 10.8 Å². The fourth-order valence-electron chi connectivity index (χ4n) is 2.73. The summed E-state index contributed by atoms with van der Waals surface area (Å²) in [4.78, 5) is 0. The average molecular weight is 242 g/mol. The molecule has 0 unspecified atom stereocenters. The maximum atomic E-state index is 2.46. The van der Waals surface area contributed by atoms with Gasteiger partial charge in [-0.25, -0.2) is 0 Å². The van der Waals surface area contributed by atoms with E-state index in [4.69, 9.17) is 0 Å². The molecule has 0 nitrogen and oxygen atoms in total. The van der Waals surface area contributed by atoms with Gasteiger partial charge in [0.25, 0.3) is 0 Å². The van der Waals surface area contributed by atoms with Crippen molar-refractivity contribution in [1.29, 1.82) is 0 Å². The Morgan fingerprint density at radius 3 is 1.28 bits per heavy atom. The average Bonchev–Trinajstić information content (AvgIpc) is 2.25. The maximum absolute atomic E-state index is 2.46. The Labute approximate surface area is 112 Å². The lowest BCUT2D eigenvalue weighted by atomic mass is 9.73. The highest BCUT2D eigenvalue weighted by Gasteiger charge is 2.26. The number of hydrogen-bond donors (Lipinski definition) is 0. The summed E-state index contributed by atoms with van der Waals surface area (Å²) >= 11 is 0. The second kappa shape index (κ2) is 4.26. The van der Waals surface area contributed by atoms with E-state index < -0.39 is 0 Å². The van der Waals surface area contributed by atoms with Crippen LogP contribution in [0.25, 0.3) is 0 Å². The zero-order valence-corrected chi connectivity index (χ0v) is 12.7. The third-order valence-corrected chi connectivity index (χ3v) is 3.80. The SMILES string of the molecule is CC(C)(C)c1cc2c(cc1C(C)(C)C)CC=CC2. The molecule has 0 bridgehead atoms. The van der Waals surface area contributed by atoms with Gasteiger partial charge in [-0.05, 0) is 45.9 Å². The molecule has 0 saturated carbocycles. The first-order valence-electron chi connectivity index (χ1n) is 7.01. The van der Waals surface area contributed by atoms with Gasteiger partial charge in [0.2, 0.25) is 0 Å². The van der Waals surface area contributed by atoms with Crippen molar-refractivity contribution in [2.75, 3.05) is 0 Å². The molecule has 18 heavy (non-hydrogen) atoms. The van der Waals surface area contributed by atoms with E-state index in [0.717, 1.165) is 12.8 Å². The molecule has 0 saturated heterocycles. The molecule has 0 aromatic heterocycles. The Hall–Kier alpha value is -1.04. The third kappa shape index (κ3) is 2.53. The van der Waals surface area contributed by atoms with Crippen molar-refractivity contribution in [1.82, 2.24) is 0 Å². The van der Waals surface area contributed by atoms with E-state index in [0.29, 0.717) is 0 Å². The standard InChI is InChI=1S/C18H26/c1-17(2,3)15-11-13-9-7-8-10-14(13)12-16(15)18(4,5)6/h7-8,11-12H,9-10H2,1-6H3. The fraction of sp³-hybridized carbons (Fsp3) is 0.556. The summed E-state index contributed by atoms with van der Waals surface area (Å²) in [5, 5.41) is 0. The molecule has 0 fully saturated rings. The van der Waals surface area contributed by atoms with E-state index >= 15 is 0 Å². The molecule has 1 aliphatic rings. The van der Waals surface area contributed by atoms with Gasteiger partial charge < -0.3 is 0 Å². The minimum absolute atomic E-state index is 0.221. The van der Waals surface area contributed by atoms with E-state index in [9.17, 15) is 0 Å². The van der Waals surface area contributed by atoms with Crippen LogP contribution in [0, 0.1) is 0 Å². The van der Waals surface area contributed by atoms with E-state index in [2.05, 4.69) is 65.8 Å². The first-order chi connectivity index (χ1) is 8.19. The number of benzene rings is 1. The highest BCUT2D eigenvalue weighted by molar-refractivity contribution is 5.47. The molecule has 0 heterocycles. The van der Waals surface area contributed by atoms with Gasteiger partial charge >= 0.3 is 0 Å². The van der Waals surface area contributed by atoms with Crippen molar-refractivity contribution < 1.29 is 0 Å². The zero-order chi connectivity index (χ0) is 13.6. The Morgan fingerprint density at radius 1 is 0.667 bits per heavy atom. The van der Waals surface area contributed by atoms with Crippen molar-refractivity contribution in [2.45, 2.75) is 65.2 Å². The number of hydrogen-bond acceptors (Lipinski definition) is 0. The monoisotopic (exact) mass is 242 g/mol. The number of rotatable bonds is 0. The molecule has 1 aromatic carbocycles. The molecule has 0 spiro atoms. The molecular formula is C18H26. The zero-order valence-electron chi connectivity index (χ0n) is 12.7. The lowest BCUT2D eigenvalue weighted by molar-refractivity contribution is 0.528. The molecular weight excluding hydrogens is 216 g/mol. The quantitative estimate of drug-likeness (QED) is 0.565. The summed E-state index contributed by atoms with van der Waals surface area (Å²) in [5.74, 6) is 0. The predicted molar refractivity (Wildman–Crippen MR) is 80.4 cm³/mol. The van der Waals surface area contributed by atoms with Gasteiger partial charge in [-0.3, -0.25) is 0 Å².